The van der Waals surface area contributed by atoms with Crippen LogP contribution in [0.5, 0.6) is 0 Å². The molecule has 1 aliphatic rings. The van der Waals surface area contributed by atoms with Gasteiger partial charge in [0, 0.05) is 24.2 Å². The van der Waals surface area contributed by atoms with Gasteiger partial charge in [-0.3, -0.25) is 24.1 Å². The summed E-state index contributed by atoms with van der Waals surface area (Å²) in [5.74, 6) is -2.71. The highest BCUT2D eigenvalue weighted by Crippen LogP contribution is 2.57. The third-order valence-electron chi connectivity index (χ3n) is 8.99. The first kappa shape index (κ1) is 33.8. The first-order chi connectivity index (χ1) is 19.9. The molecule has 0 aromatic heterocycles. The lowest BCUT2D eigenvalue weighted by Gasteiger charge is -2.40. The van der Waals surface area contributed by atoms with Gasteiger partial charge < -0.3 is 4.90 Å². The highest BCUT2D eigenvalue weighted by Gasteiger charge is 2.73. The van der Waals surface area contributed by atoms with Crippen LogP contribution >= 0.6 is 0 Å². The maximum absolute atomic E-state index is 15.0. The Morgan fingerprint density at radius 3 is 1.79 bits per heavy atom. The van der Waals surface area contributed by atoms with Gasteiger partial charge in [0.25, 0.3) is 17.7 Å². The second kappa shape index (κ2) is 11.8. The average molecular weight is 613 g/mol. The molecule has 43 heavy (non-hydrogen) atoms. The van der Waals surface area contributed by atoms with E-state index in [4.69, 9.17) is 0 Å². The highest BCUT2D eigenvalue weighted by molar-refractivity contribution is 6.21. The lowest BCUT2D eigenvalue weighted by atomic mass is 9.71. The fraction of sp³-hybridized carbons (Fsp3) is 0.484. The summed E-state index contributed by atoms with van der Waals surface area (Å²) in [6.45, 7) is 8.65. The largest absolute Gasteiger partial charge is 0.411 e. The number of carbonyl (C=O) groups is 4. The number of imide groups is 1. The number of benzene rings is 2. The summed E-state index contributed by atoms with van der Waals surface area (Å²) in [7, 11) is 1.37. The zero-order chi connectivity index (χ0) is 32.7. The van der Waals surface area contributed by atoms with Crippen molar-refractivity contribution < 1.29 is 45.5 Å². The van der Waals surface area contributed by atoms with Crippen LogP contribution in [0.15, 0.2) is 36.4 Å². The summed E-state index contributed by atoms with van der Waals surface area (Å²) < 4.78 is 90.0. The second-order valence-electron chi connectivity index (χ2n) is 10.9. The minimum atomic E-state index is -6.03. The van der Waals surface area contributed by atoms with Gasteiger partial charge in [-0.2, -0.15) is 26.3 Å². The number of alkyl halides is 6. The van der Waals surface area contributed by atoms with Crippen LogP contribution in [0.2, 0.25) is 0 Å². The van der Waals surface area contributed by atoms with Gasteiger partial charge in [0.15, 0.2) is 6.29 Å². The van der Waals surface area contributed by atoms with Crippen molar-refractivity contribution in [2.24, 2.45) is 0 Å². The van der Waals surface area contributed by atoms with Gasteiger partial charge in [0.1, 0.15) is 0 Å². The number of rotatable bonds is 10. The zero-order valence-corrected chi connectivity index (χ0v) is 24.7. The predicted molar refractivity (Wildman–Crippen MR) is 147 cm³/mol. The second-order valence-corrected chi connectivity index (χ2v) is 10.9. The molecule has 2 aromatic carbocycles. The van der Waals surface area contributed by atoms with Crippen molar-refractivity contribution in [1.29, 1.82) is 0 Å². The van der Waals surface area contributed by atoms with Gasteiger partial charge >= 0.3 is 12.4 Å². The number of hydrogen-bond acceptors (Lipinski definition) is 4. The molecule has 0 N–H and O–H groups in total. The lowest BCUT2D eigenvalue weighted by molar-refractivity contribution is -0.288. The fourth-order valence-corrected chi connectivity index (χ4v) is 5.69. The zero-order valence-electron chi connectivity index (χ0n) is 24.7. The van der Waals surface area contributed by atoms with Crippen molar-refractivity contribution in [3.05, 3.63) is 69.8 Å². The van der Waals surface area contributed by atoms with Gasteiger partial charge in [-0.15, -0.1) is 0 Å². The van der Waals surface area contributed by atoms with E-state index in [-0.39, 0.29) is 17.4 Å². The summed E-state index contributed by atoms with van der Waals surface area (Å²) in [5.41, 5.74) is -10.1. The molecule has 1 heterocycles. The van der Waals surface area contributed by atoms with E-state index in [2.05, 4.69) is 0 Å². The molecule has 0 spiro atoms. The molecule has 0 radical (unpaired) electrons. The van der Waals surface area contributed by atoms with Crippen LogP contribution in [0.4, 0.5) is 26.3 Å². The molecule has 12 heteroatoms. The Balaban J connectivity index is 2.36. The smallest absolute Gasteiger partial charge is 0.336 e. The SMILES string of the molecule is CCC(CC)N1C(=O)c2ccc(C(c3ccc(C=O)c(C(=O)N(C)C(C)(CC)CC)c3)(C(F)(F)F)C(F)(F)F)cc2C1=O. The van der Waals surface area contributed by atoms with E-state index in [9.17, 15) is 19.2 Å². The number of nitrogens with zero attached hydrogens (tertiary/aromatic N) is 2. The van der Waals surface area contributed by atoms with E-state index in [1.54, 1.807) is 34.6 Å². The molecule has 0 aliphatic carbocycles. The molecule has 0 saturated carbocycles. The molecule has 2 aromatic rings. The van der Waals surface area contributed by atoms with Gasteiger partial charge in [0.2, 0.25) is 5.41 Å². The van der Waals surface area contributed by atoms with Crippen LogP contribution in [0.1, 0.15) is 113 Å². The number of amides is 3. The predicted octanol–water partition coefficient (Wildman–Crippen LogP) is 7.35. The number of carbonyl (C=O) groups excluding carboxylic acids is 4. The minimum Gasteiger partial charge on any atom is -0.336 e. The molecule has 3 amide bonds. The van der Waals surface area contributed by atoms with Crippen molar-refractivity contribution in [3.63, 3.8) is 0 Å². The van der Waals surface area contributed by atoms with E-state index in [1.807, 2.05) is 0 Å². The maximum Gasteiger partial charge on any atom is 0.411 e. The van der Waals surface area contributed by atoms with Crippen LogP contribution in [0.3, 0.4) is 0 Å². The molecule has 0 bridgehead atoms. The Morgan fingerprint density at radius 2 is 1.33 bits per heavy atom. The molecule has 1 aliphatic heterocycles. The molecular weight excluding hydrogens is 578 g/mol. The van der Waals surface area contributed by atoms with Crippen molar-refractivity contribution in [2.45, 2.75) is 89.7 Å². The topological polar surface area (TPSA) is 74.8 Å². The molecule has 3 rings (SSSR count). The summed E-state index contributed by atoms with van der Waals surface area (Å²) in [5, 5.41) is 0. The Kier molecular flexibility index (Phi) is 9.25. The monoisotopic (exact) mass is 612 g/mol. The van der Waals surface area contributed by atoms with E-state index in [0.29, 0.717) is 49.9 Å². The lowest BCUT2D eigenvalue weighted by Crippen LogP contribution is -2.55. The Hall–Kier alpha value is -3.70. The first-order valence-electron chi connectivity index (χ1n) is 13.9. The van der Waals surface area contributed by atoms with Crippen molar-refractivity contribution >= 4 is 24.0 Å². The minimum absolute atomic E-state index is 0.190. The summed E-state index contributed by atoms with van der Waals surface area (Å²) >= 11 is 0. The van der Waals surface area contributed by atoms with Crippen LogP contribution in [0, 0.1) is 0 Å². The Labute approximate surface area is 246 Å². The first-order valence-corrected chi connectivity index (χ1v) is 13.9. The molecule has 0 atom stereocenters. The normalized spacial score (nSPS) is 14.4. The van der Waals surface area contributed by atoms with Gasteiger partial charge in [0.05, 0.1) is 16.7 Å². The molecular formula is C31H34F6N2O4. The average Bonchev–Trinajstić information content (AvgIpc) is 3.20. The van der Waals surface area contributed by atoms with Gasteiger partial charge in [-0.05, 0) is 61.9 Å². The van der Waals surface area contributed by atoms with Gasteiger partial charge in [-0.25, -0.2) is 0 Å². The molecule has 0 fully saturated rings. The van der Waals surface area contributed by atoms with Crippen molar-refractivity contribution in [3.8, 4) is 0 Å². The summed E-state index contributed by atoms with van der Waals surface area (Å²) in [4.78, 5) is 53.5. The Morgan fingerprint density at radius 1 is 0.837 bits per heavy atom. The van der Waals surface area contributed by atoms with Crippen LogP contribution in [0.25, 0.3) is 0 Å². The van der Waals surface area contributed by atoms with Crippen LogP contribution in [-0.2, 0) is 5.41 Å². The molecule has 234 valence electrons. The number of aldehydes is 1. The number of hydrogen-bond donors (Lipinski definition) is 0. The van der Waals surface area contributed by atoms with E-state index in [1.165, 1.54) is 11.9 Å². The van der Waals surface area contributed by atoms with Gasteiger partial charge in [-0.1, -0.05) is 45.9 Å². The van der Waals surface area contributed by atoms with E-state index < -0.39 is 69.3 Å². The van der Waals surface area contributed by atoms with E-state index in [0.717, 1.165) is 17.0 Å². The molecule has 0 saturated heterocycles. The van der Waals surface area contributed by atoms with E-state index >= 15 is 26.3 Å². The summed E-state index contributed by atoms with van der Waals surface area (Å²) in [6.07, 6.45) is -10.3. The Bertz CT molecular complexity index is 1410. The third kappa shape index (κ3) is 5.22. The standard InChI is InChI=1S/C31H34F6N2O4/c1-7-21(8-2)39-26(42)22-14-13-20(16-24(22)27(39)43)29(30(32,33)34,31(35,36)37)19-12-11-18(17-40)23(15-19)25(41)38(6)28(5,9-3)10-4/h11-17,21H,7-10H2,1-6H3. The quantitative estimate of drug-likeness (QED) is 0.160. The summed E-state index contributed by atoms with van der Waals surface area (Å²) in [6, 6.07) is 2.92. The van der Waals surface area contributed by atoms with Crippen molar-refractivity contribution in [1.82, 2.24) is 9.80 Å². The number of halogens is 6. The maximum atomic E-state index is 15.0. The fourth-order valence-electron chi connectivity index (χ4n) is 5.69. The van der Waals surface area contributed by atoms with Crippen molar-refractivity contribution in [2.75, 3.05) is 7.05 Å². The molecule has 0 unspecified atom stereocenters. The molecule has 6 nitrogen and oxygen atoms in total. The highest BCUT2D eigenvalue weighted by atomic mass is 19.4. The third-order valence-corrected chi connectivity index (χ3v) is 8.99. The number of fused-ring (bicyclic) bond motifs is 1. The van der Waals surface area contributed by atoms with Crippen LogP contribution in [-0.4, -0.2) is 64.8 Å². The van der Waals surface area contributed by atoms with Crippen LogP contribution < -0.4 is 0 Å².